The largest absolute Gasteiger partial charge is 0.480 e. The molecule has 0 heterocycles. The Morgan fingerprint density at radius 3 is 1.42 bits per heavy atom. The summed E-state index contributed by atoms with van der Waals surface area (Å²) in [6.07, 6.45) is 0. The zero-order valence-electron chi connectivity index (χ0n) is 16.3. The van der Waals surface area contributed by atoms with E-state index in [1.807, 2.05) is 41.5 Å². The van der Waals surface area contributed by atoms with E-state index in [0.29, 0.717) is 18.1 Å². The smallest absolute Gasteiger partial charge is 0.324 e. The van der Waals surface area contributed by atoms with E-state index in [2.05, 4.69) is 0 Å². The molecule has 144 valence electrons. The van der Waals surface area contributed by atoms with E-state index in [4.69, 9.17) is 0 Å². The average Bonchev–Trinajstić information content (AvgIpc) is 2.53. The molecule has 0 spiro atoms. The van der Waals surface area contributed by atoms with Gasteiger partial charge in [0.25, 0.3) is 10.1 Å². The van der Waals surface area contributed by atoms with Crippen molar-refractivity contribution in [3.63, 3.8) is 0 Å². The molecule has 0 aromatic rings. The fourth-order valence-corrected chi connectivity index (χ4v) is 21.1. The predicted molar refractivity (Wildman–Crippen MR) is 106 cm³/mol. The summed E-state index contributed by atoms with van der Waals surface area (Å²) in [6, 6.07) is 4.10. The molecule has 0 rings (SSSR count). The van der Waals surface area contributed by atoms with E-state index in [9.17, 15) is 22.9 Å². The zero-order valence-corrected chi connectivity index (χ0v) is 19.2. The number of carboxylic acids is 1. The number of rotatable bonds is 11. The van der Waals surface area contributed by atoms with Crippen LogP contribution in [-0.4, -0.2) is 44.6 Å². The highest BCUT2D eigenvalue weighted by molar-refractivity contribution is 7.90. The van der Waals surface area contributed by atoms with E-state index in [0.717, 1.165) is 18.1 Å². The second-order valence-corrected chi connectivity index (χ2v) is 20.1. The molecule has 0 aromatic carbocycles. The van der Waals surface area contributed by atoms with Gasteiger partial charge in [0.05, 0.1) is 16.1 Å². The standard InChI is InChI=1S/C16H36O5SSi2/c1-8-23(9-2,10-3)14(7)16(15(17)18,22(19,20)21)24(11-4,12-5)13-6/h14H,8-13H2,1-7H3,(H,17,18)(H,19,20,21). The second-order valence-electron chi connectivity index (χ2n) is 7.00. The lowest BCUT2D eigenvalue weighted by Gasteiger charge is -2.52. The first-order chi connectivity index (χ1) is 11.0. The molecule has 0 aliphatic heterocycles. The van der Waals surface area contributed by atoms with Gasteiger partial charge in [-0.2, -0.15) is 8.42 Å². The molecule has 2 N–H and O–H groups in total. The fraction of sp³-hybridized carbons (Fsp3) is 0.938. The van der Waals surface area contributed by atoms with E-state index in [-0.39, 0.29) is 0 Å². The van der Waals surface area contributed by atoms with Gasteiger partial charge in [0.1, 0.15) is 0 Å². The van der Waals surface area contributed by atoms with Gasteiger partial charge in [-0.05, 0) is 5.54 Å². The Morgan fingerprint density at radius 2 is 1.25 bits per heavy atom. The Morgan fingerprint density at radius 1 is 0.917 bits per heavy atom. The van der Waals surface area contributed by atoms with Crippen LogP contribution in [0.15, 0.2) is 0 Å². The summed E-state index contributed by atoms with van der Waals surface area (Å²) in [7, 11) is -9.73. The Labute approximate surface area is 150 Å². The van der Waals surface area contributed by atoms with Crippen LogP contribution in [0, 0.1) is 0 Å². The summed E-state index contributed by atoms with van der Waals surface area (Å²) in [6.45, 7) is 13.6. The number of hydrogen-bond donors (Lipinski definition) is 2. The van der Waals surface area contributed by atoms with Gasteiger partial charge < -0.3 is 5.11 Å². The molecule has 0 radical (unpaired) electrons. The van der Waals surface area contributed by atoms with Crippen molar-refractivity contribution in [2.45, 2.75) is 94.6 Å². The number of carbonyl (C=O) groups is 1. The predicted octanol–water partition coefficient (Wildman–Crippen LogP) is 4.64. The minimum Gasteiger partial charge on any atom is -0.480 e. The summed E-state index contributed by atoms with van der Waals surface area (Å²) >= 11 is 0. The maximum atomic E-state index is 12.7. The van der Waals surface area contributed by atoms with Crippen molar-refractivity contribution < 1.29 is 22.9 Å². The van der Waals surface area contributed by atoms with Crippen LogP contribution in [0.3, 0.4) is 0 Å². The summed E-state index contributed by atoms with van der Waals surface area (Å²) in [4.78, 5) is 12.5. The molecule has 0 amide bonds. The van der Waals surface area contributed by atoms with Gasteiger partial charge in [0.2, 0.25) is 0 Å². The lowest BCUT2D eigenvalue weighted by molar-refractivity contribution is -0.138. The van der Waals surface area contributed by atoms with Gasteiger partial charge in [-0.3, -0.25) is 9.35 Å². The van der Waals surface area contributed by atoms with Gasteiger partial charge in [-0.25, -0.2) is 0 Å². The lowest BCUT2D eigenvalue weighted by atomic mass is 10.3. The Bertz CT molecular complexity index is 510. The SMILES string of the molecule is CC[Si](CC)(CC)C(C)C(C(=O)O)([Si](CC)(CC)CC)S(=O)(=O)O. The Balaban J connectivity index is 7.07. The van der Waals surface area contributed by atoms with Crippen molar-refractivity contribution in [2.75, 3.05) is 0 Å². The first kappa shape index (κ1) is 23.8. The van der Waals surface area contributed by atoms with Crippen molar-refractivity contribution in [3.8, 4) is 0 Å². The monoisotopic (exact) mass is 396 g/mol. The first-order valence-corrected chi connectivity index (χ1v) is 15.9. The highest BCUT2D eigenvalue weighted by Crippen LogP contribution is 2.52. The molecular weight excluding hydrogens is 360 g/mol. The molecular formula is C16H36O5SSi2. The van der Waals surface area contributed by atoms with Crippen LogP contribution in [0.25, 0.3) is 0 Å². The van der Waals surface area contributed by atoms with Gasteiger partial charge in [0, 0.05) is 0 Å². The molecule has 2 unspecified atom stereocenters. The van der Waals surface area contributed by atoms with Gasteiger partial charge in [0.15, 0.2) is 4.37 Å². The van der Waals surface area contributed by atoms with Gasteiger partial charge in [-0.1, -0.05) is 84.7 Å². The quantitative estimate of drug-likeness (QED) is 0.392. The molecule has 0 bridgehead atoms. The van der Waals surface area contributed by atoms with Crippen molar-refractivity contribution in [2.24, 2.45) is 0 Å². The molecule has 0 saturated heterocycles. The maximum absolute atomic E-state index is 12.7. The average molecular weight is 397 g/mol. The molecule has 0 saturated carbocycles. The number of carboxylic acid groups (broad SMARTS) is 1. The van der Waals surface area contributed by atoms with Crippen LogP contribution < -0.4 is 0 Å². The van der Waals surface area contributed by atoms with E-state index < -0.39 is 42.1 Å². The minimum atomic E-state index is -4.74. The highest BCUT2D eigenvalue weighted by Gasteiger charge is 2.69. The van der Waals surface area contributed by atoms with E-state index >= 15 is 0 Å². The van der Waals surface area contributed by atoms with Crippen LogP contribution in [-0.2, 0) is 14.9 Å². The Hall–Kier alpha value is -0.186. The van der Waals surface area contributed by atoms with Crippen molar-refractivity contribution in [1.29, 1.82) is 0 Å². The van der Waals surface area contributed by atoms with Gasteiger partial charge in [-0.15, -0.1) is 0 Å². The summed E-state index contributed by atoms with van der Waals surface area (Å²) in [5, 5.41) is 10.2. The van der Waals surface area contributed by atoms with Crippen molar-refractivity contribution in [3.05, 3.63) is 0 Å². The third kappa shape index (κ3) is 3.26. The third-order valence-electron chi connectivity index (χ3n) is 7.18. The van der Waals surface area contributed by atoms with Crippen LogP contribution in [0.2, 0.25) is 41.8 Å². The van der Waals surface area contributed by atoms with Crippen LogP contribution in [0.5, 0.6) is 0 Å². The second kappa shape index (κ2) is 8.46. The fourth-order valence-electron chi connectivity index (χ4n) is 5.12. The highest BCUT2D eigenvalue weighted by atomic mass is 32.2. The first-order valence-electron chi connectivity index (χ1n) is 9.17. The summed E-state index contributed by atoms with van der Waals surface area (Å²) < 4.78 is 33.7. The molecule has 2 atom stereocenters. The van der Waals surface area contributed by atoms with Crippen LogP contribution >= 0.6 is 0 Å². The van der Waals surface area contributed by atoms with Crippen molar-refractivity contribution in [1.82, 2.24) is 0 Å². The molecule has 0 aliphatic carbocycles. The minimum absolute atomic E-state index is 0.510. The molecule has 24 heavy (non-hydrogen) atoms. The molecule has 5 nitrogen and oxygen atoms in total. The maximum Gasteiger partial charge on any atom is 0.324 e. The number of hydrogen-bond acceptors (Lipinski definition) is 3. The number of aliphatic carboxylic acids is 1. The molecule has 0 aromatic heterocycles. The van der Waals surface area contributed by atoms with E-state index in [1.54, 1.807) is 6.92 Å². The Kier molecular flexibility index (Phi) is 8.40. The van der Waals surface area contributed by atoms with Crippen LogP contribution in [0.4, 0.5) is 0 Å². The third-order valence-corrected chi connectivity index (χ3v) is 23.9. The van der Waals surface area contributed by atoms with Crippen molar-refractivity contribution >= 4 is 32.2 Å². The molecule has 0 aliphatic rings. The topological polar surface area (TPSA) is 91.7 Å². The van der Waals surface area contributed by atoms with Crippen LogP contribution in [0.1, 0.15) is 48.5 Å². The molecule has 8 heteroatoms. The molecule has 0 fully saturated rings. The summed E-state index contributed by atoms with van der Waals surface area (Å²) in [5.41, 5.74) is -0.510. The zero-order chi connectivity index (χ0) is 19.4. The van der Waals surface area contributed by atoms with Gasteiger partial charge >= 0.3 is 5.97 Å². The van der Waals surface area contributed by atoms with E-state index in [1.165, 1.54) is 0 Å². The lowest BCUT2D eigenvalue weighted by Crippen LogP contribution is -2.71. The summed E-state index contributed by atoms with van der Waals surface area (Å²) in [5.74, 6) is -1.33. The normalized spacial score (nSPS) is 17.3.